The van der Waals surface area contributed by atoms with Gasteiger partial charge in [0.25, 0.3) is 0 Å². The van der Waals surface area contributed by atoms with Gasteiger partial charge in [0.05, 0.1) is 18.1 Å². The normalized spacial score (nSPS) is 38.9. The Bertz CT molecular complexity index is 298. The number of carbonyl (C=O) groups is 1. The van der Waals surface area contributed by atoms with Crippen molar-refractivity contribution in [3.05, 3.63) is 0 Å². The number of ether oxygens (including phenoxy) is 1. The summed E-state index contributed by atoms with van der Waals surface area (Å²) in [6.45, 7) is 11.2. The Morgan fingerprint density at radius 3 is 2.53 bits per heavy atom. The van der Waals surface area contributed by atoms with E-state index in [2.05, 4.69) is 20.8 Å². The molecule has 3 nitrogen and oxygen atoms in total. The molecule has 2 aliphatic rings. The topological polar surface area (TPSA) is 29.5 Å². The molecule has 2 rings (SSSR count). The molecule has 0 radical (unpaired) electrons. The van der Waals surface area contributed by atoms with E-state index in [9.17, 15) is 4.79 Å². The first-order valence-corrected chi connectivity index (χ1v) is 5.79. The Balaban J connectivity index is 2.31. The Hall–Kier alpha value is -0.570. The maximum Gasteiger partial charge on any atom is 0.231 e. The summed E-state index contributed by atoms with van der Waals surface area (Å²) in [4.78, 5) is 14.0. The summed E-state index contributed by atoms with van der Waals surface area (Å²) in [5, 5.41) is 0. The summed E-state index contributed by atoms with van der Waals surface area (Å²) in [5.74, 6) is 0.866. The van der Waals surface area contributed by atoms with E-state index >= 15 is 0 Å². The third kappa shape index (κ3) is 1.25. The fraction of sp³-hybridized carbons (Fsp3) is 0.917. The van der Waals surface area contributed by atoms with E-state index in [0.29, 0.717) is 5.92 Å². The van der Waals surface area contributed by atoms with Crippen molar-refractivity contribution < 1.29 is 9.53 Å². The summed E-state index contributed by atoms with van der Waals surface area (Å²) in [6, 6.07) is 0. The van der Waals surface area contributed by atoms with Crippen LogP contribution in [-0.4, -0.2) is 28.7 Å². The minimum atomic E-state index is -0.421. The Labute approximate surface area is 91.8 Å². The number of carbonyl (C=O) groups excluding carboxylic acids is 1. The van der Waals surface area contributed by atoms with Gasteiger partial charge in [-0.05, 0) is 33.1 Å². The molecule has 0 N–H and O–H groups in total. The van der Waals surface area contributed by atoms with E-state index in [1.165, 1.54) is 0 Å². The van der Waals surface area contributed by atoms with Crippen LogP contribution in [0.15, 0.2) is 0 Å². The van der Waals surface area contributed by atoms with Crippen molar-refractivity contribution >= 4 is 5.91 Å². The zero-order chi connectivity index (χ0) is 11.4. The van der Waals surface area contributed by atoms with Gasteiger partial charge in [-0.1, -0.05) is 13.8 Å². The maximum atomic E-state index is 12.1. The van der Waals surface area contributed by atoms with Crippen molar-refractivity contribution in [2.75, 3.05) is 6.61 Å². The van der Waals surface area contributed by atoms with Crippen LogP contribution in [0.2, 0.25) is 0 Å². The molecule has 0 spiro atoms. The molecule has 15 heavy (non-hydrogen) atoms. The second-order valence-electron chi connectivity index (χ2n) is 5.80. The lowest BCUT2D eigenvalue weighted by Crippen LogP contribution is -2.78. The average molecular weight is 211 g/mol. The SMILES string of the molecule is CC(C)C1C(=O)N2C(C)(C)OCCC12C. The number of hydrogen-bond acceptors (Lipinski definition) is 2. The van der Waals surface area contributed by atoms with E-state index in [1.54, 1.807) is 0 Å². The van der Waals surface area contributed by atoms with Gasteiger partial charge < -0.3 is 9.64 Å². The van der Waals surface area contributed by atoms with Gasteiger partial charge >= 0.3 is 0 Å². The summed E-state index contributed by atoms with van der Waals surface area (Å²) < 4.78 is 5.67. The summed E-state index contributed by atoms with van der Waals surface area (Å²) in [5.41, 5.74) is -0.400. The minimum Gasteiger partial charge on any atom is -0.356 e. The summed E-state index contributed by atoms with van der Waals surface area (Å²) >= 11 is 0. The fourth-order valence-electron chi connectivity index (χ4n) is 3.45. The zero-order valence-corrected chi connectivity index (χ0v) is 10.3. The van der Waals surface area contributed by atoms with Crippen LogP contribution in [0.4, 0.5) is 0 Å². The second kappa shape index (κ2) is 2.97. The van der Waals surface area contributed by atoms with Crippen LogP contribution in [0.3, 0.4) is 0 Å². The van der Waals surface area contributed by atoms with Crippen molar-refractivity contribution in [3.63, 3.8) is 0 Å². The van der Waals surface area contributed by atoms with E-state index in [0.717, 1.165) is 13.0 Å². The Morgan fingerprint density at radius 1 is 1.40 bits per heavy atom. The molecule has 0 aliphatic carbocycles. The van der Waals surface area contributed by atoms with E-state index in [4.69, 9.17) is 4.74 Å². The number of fused-ring (bicyclic) bond motifs is 1. The number of β-lactam (4-membered cyclic amide) rings is 1. The molecule has 2 fully saturated rings. The molecule has 2 aliphatic heterocycles. The minimum absolute atomic E-state index is 0.0208. The third-order valence-electron chi connectivity index (χ3n) is 3.94. The number of amides is 1. The van der Waals surface area contributed by atoms with Gasteiger partial charge in [-0.15, -0.1) is 0 Å². The number of nitrogens with zero attached hydrogens (tertiary/aromatic N) is 1. The van der Waals surface area contributed by atoms with Gasteiger partial charge in [0.15, 0.2) is 0 Å². The van der Waals surface area contributed by atoms with Crippen LogP contribution in [-0.2, 0) is 9.53 Å². The largest absolute Gasteiger partial charge is 0.356 e. The first-order chi connectivity index (χ1) is 6.81. The van der Waals surface area contributed by atoms with Crippen LogP contribution >= 0.6 is 0 Å². The third-order valence-corrected chi connectivity index (χ3v) is 3.94. The van der Waals surface area contributed by atoms with Gasteiger partial charge in [0.2, 0.25) is 5.91 Å². The van der Waals surface area contributed by atoms with Gasteiger partial charge in [-0.2, -0.15) is 0 Å². The van der Waals surface area contributed by atoms with Crippen molar-refractivity contribution in [2.24, 2.45) is 11.8 Å². The summed E-state index contributed by atoms with van der Waals surface area (Å²) in [7, 11) is 0. The van der Waals surface area contributed by atoms with Gasteiger partial charge in [0, 0.05) is 0 Å². The maximum absolute atomic E-state index is 12.1. The molecule has 2 heterocycles. The smallest absolute Gasteiger partial charge is 0.231 e. The van der Waals surface area contributed by atoms with Crippen LogP contribution < -0.4 is 0 Å². The zero-order valence-electron chi connectivity index (χ0n) is 10.3. The quantitative estimate of drug-likeness (QED) is 0.621. The van der Waals surface area contributed by atoms with Gasteiger partial charge in [-0.25, -0.2) is 0 Å². The Kier molecular flexibility index (Phi) is 2.16. The molecule has 0 aromatic carbocycles. The highest BCUT2D eigenvalue weighted by Crippen LogP contribution is 2.51. The molecule has 86 valence electrons. The van der Waals surface area contributed by atoms with Crippen molar-refractivity contribution in [1.29, 1.82) is 0 Å². The number of rotatable bonds is 1. The highest BCUT2D eigenvalue weighted by molar-refractivity contribution is 5.88. The van der Waals surface area contributed by atoms with Crippen molar-refractivity contribution in [1.82, 2.24) is 4.90 Å². The lowest BCUT2D eigenvalue weighted by Gasteiger charge is -2.65. The van der Waals surface area contributed by atoms with Crippen molar-refractivity contribution in [2.45, 2.75) is 52.3 Å². The molecule has 0 saturated carbocycles. The van der Waals surface area contributed by atoms with Crippen LogP contribution in [0.1, 0.15) is 41.0 Å². The molecule has 1 amide bonds. The second-order valence-corrected chi connectivity index (χ2v) is 5.80. The first-order valence-electron chi connectivity index (χ1n) is 5.79. The fourth-order valence-corrected chi connectivity index (χ4v) is 3.45. The molecular formula is C12H21NO2. The molecule has 2 atom stereocenters. The molecule has 0 aromatic heterocycles. The highest BCUT2D eigenvalue weighted by Gasteiger charge is 2.63. The van der Waals surface area contributed by atoms with E-state index in [1.807, 2.05) is 18.7 Å². The standard InChI is InChI=1S/C12H21NO2/c1-8(2)9-10(14)13-11(3,4)15-7-6-12(9,13)5/h8-9H,6-7H2,1-5H3. The van der Waals surface area contributed by atoms with Crippen LogP contribution in [0, 0.1) is 11.8 Å². The monoisotopic (exact) mass is 211 g/mol. The average Bonchev–Trinajstić information content (AvgIpc) is 1.98. The summed E-state index contributed by atoms with van der Waals surface area (Å²) in [6.07, 6.45) is 0.963. The highest BCUT2D eigenvalue weighted by atomic mass is 16.5. The molecule has 0 aromatic rings. The molecule has 2 unspecified atom stereocenters. The van der Waals surface area contributed by atoms with Gasteiger partial charge in [-0.3, -0.25) is 4.79 Å². The van der Waals surface area contributed by atoms with Crippen LogP contribution in [0.5, 0.6) is 0 Å². The number of hydrogen-bond donors (Lipinski definition) is 0. The van der Waals surface area contributed by atoms with Gasteiger partial charge in [0.1, 0.15) is 5.72 Å². The lowest BCUT2D eigenvalue weighted by atomic mass is 9.65. The Morgan fingerprint density at radius 2 is 2.00 bits per heavy atom. The predicted octanol–water partition coefficient (Wildman–Crippen LogP) is 2.02. The first kappa shape index (κ1) is 10.9. The molecule has 2 saturated heterocycles. The molecular weight excluding hydrogens is 190 g/mol. The van der Waals surface area contributed by atoms with E-state index < -0.39 is 5.72 Å². The predicted molar refractivity (Wildman–Crippen MR) is 58.2 cm³/mol. The molecule has 0 bridgehead atoms. The van der Waals surface area contributed by atoms with Crippen molar-refractivity contribution in [3.8, 4) is 0 Å². The lowest BCUT2D eigenvalue weighted by molar-refractivity contribution is -0.264. The van der Waals surface area contributed by atoms with Crippen LogP contribution in [0.25, 0.3) is 0 Å². The molecule has 3 heteroatoms. The van der Waals surface area contributed by atoms with E-state index in [-0.39, 0.29) is 17.4 Å².